The average molecular weight is 316 g/mol. The molecule has 3 heterocycles. The molecule has 4 nitrogen and oxygen atoms in total. The Kier molecular flexibility index (Phi) is 4.38. The van der Waals surface area contributed by atoms with Gasteiger partial charge in [0.25, 0.3) is 0 Å². The number of pyridine rings is 1. The Bertz CT molecular complexity index is 705. The van der Waals surface area contributed by atoms with Gasteiger partial charge >= 0.3 is 0 Å². The highest BCUT2D eigenvalue weighted by atomic mass is 32.1. The number of nitrogens with one attached hydrogen (secondary N) is 1. The summed E-state index contributed by atoms with van der Waals surface area (Å²) in [7, 11) is 0. The van der Waals surface area contributed by atoms with Crippen LogP contribution in [0.4, 0.5) is 0 Å². The largest absolute Gasteiger partial charge is 0.302 e. The van der Waals surface area contributed by atoms with E-state index in [2.05, 4.69) is 39.5 Å². The maximum Gasteiger partial charge on any atom is 0.142 e. The van der Waals surface area contributed by atoms with Crippen LogP contribution in [0.15, 0.2) is 36.0 Å². The van der Waals surface area contributed by atoms with Gasteiger partial charge in [-0.15, -0.1) is 22.7 Å². The van der Waals surface area contributed by atoms with E-state index in [9.17, 15) is 0 Å². The number of nitrogens with zero attached hydrogens (tertiary/aromatic N) is 3. The van der Waals surface area contributed by atoms with Crippen LogP contribution in [-0.2, 0) is 6.54 Å². The minimum Gasteiger partial charge on any atom is -0.302 e. The number of hydrogen-bond donors (Lipinski definition) is 1. The van der Waals surface area contributed by atoms with E-state index >= 15 is 0 Å². The van der Waals surface area contributed by atoms with Gasteiger partial charge in [-0.1, -0.05) is 6.07 Å². The lowest BCUT2D eigenvalue weighted by molar-refractivity contribution is 0.566. The summed E-state index contributed by atoms with van der Waals surface area (Å²) in [6, 6.07) is 6.12. The number of aromatic nitrogens is 3. The van der Waals surface area contributed by atoms with E-state index < -0.39 is 0 Å². The van der Waals surface area contributed by atoms with Gasteiger partial charge in [0.05, 0.1) is 17.4 Å². The minimum atomic E-state index is 0.240. The molecule has 3 rings (SSSR count). The van der Waals surface area contributed by atoms with Crippen molar-refractivity contribution in [2.45, 2.75) is 26.4 Å². The summed E-state index contributed by atoms with van der Waals surface area (Å²) in [4.78, 5) is 14.6. The molecule has 21 heavy (non-hydrogen) atoms. The fraction of sp³-hybridized carbons (Fsp3) is 0.267. The Labute approximate surface area is 131 Å². The molecular formula is C15H16N4S2. The lowest BCUT2D eigenvalue weighted by Crippen LogP contribution is -2.18. The van der Waals surface area contributed by atoms with Gasteiger partial charge < -0.3 is 5.32 Å². The van der Waals surface area contributed by atoms with Crippen molar-refractivity contribution in [3.63, 3.8) is 0 Å². The molecule has 0 saturated carbocycles. The zero-order chi connectivity index (χ0) is 14.7. The minimum absolute atomic E-state index is 0.240. The van der Waals surface area contributed by atoms with Crippen LogP contribution >= 0.6 is 22.7 Å². The molecule has 0 saturated heterocycles. The molecular weight excluding hydrogens is 300 g/mol. The molecule has 108 valence electrons. The molecule has 3 aromatic rings. The Morgan fingerprint density at radius 1 is 1.29 bits per heavy atom. The summed E-state index contributed by atoms with van der Waals surface area (Å²) in [5.74, 6) is 0. The molecule has 3 aromatic heterocycles. The van der Waals surface area contributed by atoms with E-state index in [1.54, 1.807) is 28.9 Å². The third-order valence-corrected chi connectivity index (χ3v) is 5.04. The fourth-order valence-electron chi connectivity index (χ4n) is 1.91. The van der Waals surface area contributed by atoms with E-state index in [0.717, 1.165) is 27.9 Å². The molecule has 1 atom stereocenters. The van der Waals surface area contributed by atoms with Crippen LogP contribution in [0.2, 0.25) is 0 Å². The third-order valence-electron chi connectivity index (χ3n) is 3.03. The summed E-state index contributed by atoms with van der Waals surface area (Å²) < 4.78 is 0. The van der Waals surface area contributed by atoms with Crippen molar-refractivity contribution in [2.75, 3.05) is 0 Å². The van der Waals surface area contributed by atoms with Gasteiger partial charge in [0.15, 0.2) is 0 Å². The molecule has 0 aromatic carbocycles. The Morgan fingerprint density at radius 2 is 2.19 bits per heavy atom. The Balaban J connectivity index is 1.63. The van der Waals surface area contributed by atoms with E-state index in [0.29, 0.717) is 0 Å². The van der Waals surface area contributed by atoms with Crippen molar-refractivity contribution in [1.29, 1.82) is 0 Å². The van der Waals surface area contributed by atoms with Gasteiger partial charge in [0, 0.05) is 29.2 Å². The molecule has 1 N–H and O–H groups in total. The Hall–Kier alpha value is -1.63. The number of rotatable bonds is 5. The molecule has 0 fully saturated rings. The summed E-state index contributed by atoms with van der Waals surface area (Å²) in [5, 5.41) is 7.63. The van der Waals surface area contributed by atoms with Gasteiger partial charge in [-0.05, 0) is 26.0 Å². The van der Waals surface area contributed by atoms with E-state index in [1.807, 2.05) is 24.4 Å². The van der Waals surface area contributed by atoms with Gasteiger partial charge in [-0.2, -0.15) is 0 Å². The van der Waals surface area contributed by atoms with Crippen LogP contribution in [0, 0.1) is 6.92 Å². The van der Waals surface area contributed by atoms with Gasteiger partial charge in [0.1, 0.15) is 10.0 Å². The predicted octanol–water partition coefficient (Wildman–Crippen LogP) is 3.82. The lowest BCUT2D eigenvalue weighted by atomic mass is 10.3. The number of hydrogen-bond acceptors (Lipinski definition) is 6. The Morgan fingerprint density at radius 3 is 2.90 bits per heavy atom. The fourth-order valence-corrected chi connectivity index (χ4v) is 3.51. The van der Waals surface area contributed by atoms with Crippen LogP contribution < -0.4 is 5.32 Å². The molecule has 0 spiro atoms. The molecule has 0 radical (unpaired) electrons. The summed E-state index contributed by atoms with van der Waals surface area (Å²) in [6.45, 7) is 4.95. The summed E-state index contributed by atoms with van der Waals surface area (Å²) in [6.07, 6.45) is 3.71. The van der Waals surface area contributed by atoms with Crippen LogP contribution in [-0.4, -0.2) is 15.0 Å². The van der Waals surface area contributed by atoms with Crippen molar-refractivity contribution in [1.82, 2.24) is 20.3 Å². The zero-order valence-electron chi connectivity index (χ0n) is 11.9. The van der Waals surface area contributed by atoms with Crippen molar-refractivity contribution in [3.8, 4) is 10.7 Å². The average Bonchev–Trinajstić information content (AvgIpc) is 3.15. The van der Waals surface area contributed by atoms with E-state index in [-0.39, 0.29) is 6.04 Å². The van der Waals surface area contributed by atoms with Crippen LogP contribution in [0.5, 0.6) is 0 Å². The molecule has 0 aliphatic carbocycles. The van der Waals surface area contributed by atoms with Gasteiger partial charge in [0.2, 0.25) is 0 Å². The summed E-state index contributed by atoms with van der Waals surface area (Å²) >= 11 is 3.36. The molecule has 0 aliphatic rings. The SMILES string of the molecule is Cc1cnc(C(C)NCc2csc(-c3ccccn3)n2)s1. The third kappa shape index (κ3) is 3.53. The summed E-state index contributed by atoms with van der Waals surface area (Å²) in [5.41, 5.74) is 1.97. The molecule has 0 amide bonds. The highest BCUT2D eigenvalue weighted by Gasteiger charge is 2.10. The molecule has 0 bridgehead atoms. The van der Waals surface area contributed by atoms with Crippen LogP contribution in [0.3, 0.4) is 0 Å². The number of thiazole rings is 2. The standard InChI is InChI=1S/C15H16N4S2/c1-10-7-18-14(21-10)11(2)17-8-12-9-20-15(19-12)13-5-3-4-6-16-13/h3-7,9,11,17H,8H2,1-2H3. The van der Waals surface area contributed by atoms with Crippen molar-refractivity contribution >= 4 is 22.7 Å². The topological polar surface area (TPSA) is 50.7 Å². The van der Waals surface area contributed by atoms with E-state index in [4.69, 9.17) is 0 Å². The second-order valence-electron chi connectivity index (χ2n) is 4.77. The van der Waals surface area contributed by atoms with Crippen molar-refractivity contribution < 1.29 is 0 Å². The molecule has 6 heteroatoms. The first-order valence-electron chi connectivity index (χ1n) is 6.74. The lowest BCUT2D eigenvalue weighted by Gasteiger charge is -2.09. The predicted molar refractivity (Wildman–Crippen MR) is 87.5 cm³/mol. The normalized spacial score (nSPS) is 12.5. The first kappa shape index (κ1) is 14.3. The molecule has 1 unspecified atom stereocenters. The highest BCUT2D eigenvalue weighted by molar-refractivity contribution is 7.13. The first-order valence-corrected chi connectivity index (χ1v) is 8.43. The quantitative estimate of drug-likeness (QED) is 0.777. The number of aryl methyl sites for hydroxylation is 1. The van der Waals surface area contributed by atoms with Crippen LogP contribution in [0.1, 0.15) is 28.5 Å². The maximum atomic E-state index is 4.63. The zero-order valence-corrected chi connectivity index (χ0v) is 13.5. The second-order valence-corrected chi connectivity index (χ2v) is 6.90. The van der Waals surface area contributed by atoms with E-state index in [1.165, 1.54) is 4.88 Å². The maximum absolute atomic E-state index is 4.63. The highest BCUT2D eigenvalue weighted by Crippen LogP contribution is 2.22. The molecule has 0 aliphatic heterocycles. The monoisotopic (exact) mass is 316 g/mol. The van der Waals surface area contributed by atoms with Gasteiger partial charge in [-0.25, -0.2) is 9.97 Å². The van der Waals surface area contributed by atoms with Crippen molar-refractivity contribution in [2.24, 2.45) is 0 Å². The smallest absolute Gasteiger partial charge is 0.142 e. The van der Waals surface area contributed by atoms with Gasteiger partial charge in [-0.3, -0.25) is 4.98 Å². The van der Waals surface area contributed by atoms with Crippen molar-refractivity contribution in [3.05, 3.63) is 51.6 Å². The first-order chi connectivity index (χ1) is 10.2. The second kappa shape index (κ2) is 6.43. The van der Waals surface area contributed by atoms with Crippen LogP contribution in [0.25, 0.3) is 10.7 Å².